The second-order valence-electron chi connectivity index (χ2n) is 5.10. The summed E-state index contributed by atoms with van der Waals surface area (Å²) in [6.45, 7) is 5.72. The van der Waals surface area contributed by atoms with Crippen molar-refractivity contribution in [2.24, 2.45) is 11.8 Å². The summed E-state index contributed by atoms with van der Waals surface area (Å²) in [7, 11) is 0. The molecule has 82 valence electrons. The van der Waals surface area contributed by atoms with Crippen molar-refractivity contribution in [1.29, 1.82) is 0 Å². The van der Waals surface area contributed by atoms with E-state index >= 15 is 0 Å². The van der Waals surface area contributed by atoms with Gasteiger partial charge in [0.25, 0.3) is 0 Å². The normalized spacial score (nSPS) is 38.8. The van der Waals surface area contributed by atoms with Crippen molar-refractivity contribution in [2.45, 2.75) is 38.6 Å². The molecule has 0 radical (unpaired) electrons. The van der Waals surface area contributed by atoms with Gasteiger partial charge in [-0.1, -0.05) is 13.8 Å². The molecule has 15 heavy (non-hydrogen) atoms. The molecule has 3 unspecified atom stereocenters. The van der Waals surface area contributed by atoms with Gasteiger partial charge in [0.2, 0.25) is 0 Å². The van der Waals surface area contributed by atoms with Gasteiger partial charge in [-0.15, -0.1) is 0 Å². The standard InChI is InChI=1S/C13H19NO/c1-3-13(11-8-9(11)2)12-10(4-6-14-13)5-7-15-12/h5,7,9,11,14H,3-4,6,8H2,1-2H3. The van der Waals surface area contributed by atoms with Crippen LogP contribution in [-0.2, 0) is 12.0 Å². The Morgan fingerprint density at radius 3 is 3.07 bits per heavy atom. The van der Waals surface area contributed by atoms with Crippen LogP contribution in [0.1, 0.15) is 38.0 Å². The van der Waals surface area contributed by atoms with Crippen LogP contribution in [0.5, 0.6) is 0 Å². The first-order chi connectivity index (χ1) is 7.28. The summed E-state index contributed by atoms with van der Waals surface area (Å²) in [5, 5.41) is 3.72. The molecule has 0 bridgehead atoms. The molecular formula is C13H19NO. The Balaban J connectivity index is 2.04. The zero-order chi connectivity index (χ0) is 10.5. The molecule has 1 saturated carbocycles. The molecule has 2 aliphatic rings. The first-order valence-corrected chi connectivity index (χ1v) is 6.10. The average Bonchev–Trinajstić information content (AvgIpc) is 2.81. The highest BCUT2D eigenvalue weighted by atomic mass is 16.3. The van der Waals surface area contributed by atoms with E-state index in [9.17, 15) is 0 Å². The van der Waals surface area contributed by atoms with Gasteiger partial charge in [-0.25, -0.2) is 0 Å². The van der Waals surface area contributed by atoms with Crippen molar-refractivity contribution in [3.05, 3.63) is 23.7 Å². The quantitative estimate of drug-likeness (QED) is 0.803. The monoisotopic (exact) mass is 205 g/mol. The molecule has 1 aromatic heterocycles. The van der Waals surface area contributed by atoms with Gasteiger partial charge in [0.15, 0.2) is 0 Å². The number of hydrogen-bond donors (Lipinski definition) is 1. The zero-order valence-corrected chi connectivity index (χ0v) is 9.55. The van der Waals surface area contributed by atoms with Gasteiger partial charge in [0, 0.05) is 6.54 Å². The van der Waals surface area contributed by atoms with Gasteiger partial charge in [-0.05, 0) is 42.7 Å². The second-order valence-corrected chi connectivity index (χ2v) is 5.10. The van der Waals surface area contributed by atoms with Crippen LogP contribution in [0.15, 0.2) is 16.7 Å². The molecule has 2 nitrogen and oxygen atoms in total. The number of fused-ring (bicyclic) bond motifs is 1. The third-order valence-electron chi connectivity index (χ3n) is 4.29. The molecule has 1 aromatic rings. The summed E-state index contributed by atoms with van der Waals surface area (Å²) in [6, 6.07) is 2.15. The summed E-state index contributed by atoms with van der Waals surface area (Å²) >= 11 is 0. The highest BCUT2D eigenvalue weighted by Crippen LogP contribution is 2.53. The zero-order valence-electron chi connectivity index (χ0n) is 9.55. The smallest absolute Gasteiger partial charge is 0.127 e. The number of nitrogens with one attached hydrogen (secondary N) is 1. The Labute approximate surface area is 91.0 Å². The molecule has 3 rings (SSSR count). The van der Waals surface area contributed by atoms with Gasteiger partial charge in [-0.2, -0.15) is 0 Å². The molecule has 1 N–H and O–H groups in total. The van der Waals surface area contributed by atoms with E-state index in [0.717, 1.165) is 31.2 Å². The van der Waals surface area contributed by atoms with Gasteiger partial charge in [0.1, 0.15) is 5.76 Å². The highest BCUT2D eigenvalue weighted by Gasteiger charge is 2.53. The first kappa shape index (κ1) is 9.46. The van der Waals surface area contributed by atoms with Crippen molar-refractivity contribution in [3.63, 3.8) is 0 Å². The van der Waals surface area contributed by atoms with E-state index in [0.29, 0.717) is 0 Å². The molecule has 1 aliphatic heterocycles. The largest absolute Gasteiger partial charge is 0.467 e. The van der Waals surface area contributed by atoms with Crippen LogP contribution < -0.4 is 5.32 Å². The van der Waals surface area contributed by atoms with E-state index in [1.54, 1.807) is 0 Å². The lowest BCUT2D eigenvalue weighted by Crippen LogP contribution is -2.48. The minimum atomic E-state index is 0.149. The van der Waals surface area contributed by atoms with Crippen molar-refractivity contribution in [1.82, 2.24) is 5.32 Å². The van der Waals surface area contributed by atoms with E-state index in [1.807, 2.05) is 6.26 Å². The Kier molecular flexibility index (Phi) is 1.96. The van der Waals surface area contributed by atoms with Gasteiger partial charge < -0.3 is 9.73 Å². The van der Waals surface area contributed by atoms with E-state index < -0.39 is 0 Å². The predicted octanol–water partition coefficient (Wildman–Crippen LogP) is 2.69. The van der Waals surface area contributed by atoms with Crippen LogP contribution in [0.2, 0.25) is 0 Å². The lowest BCUT2D eigenvalue weighted by molar-refractivity contribution is 0.203. The highest BCUT2D eigenvalue weighted by molar-refractivity contribution is 5.31. The molecule has 0 spiro atoms. The van der Waals surface area contributed by atoms with Crippen molar-refractivity contribution in [3.8, 4) is 0 Å². The first-order valence-electron chi connectivity index (χ1n) is 6.10. The van der Waals surface area contributed by atoms with Crippen LogP contribution in [0.3, 0.4) is 0 Å². The second kappa shape index (κ2) is 3.11. The summed E-state index contributed by atoms with van der Waals surface area (Å²) in [5.74, 6) is 2.87. The number of hydrogen-bond acceptors (Lipinski definition) is 2. The van der Waals surface area contributed by atoms with Crippen LogP contribution >= 0.6 is 0 Å². The lowest BCUT2D eigenvalue weighted by atomic mass is 9.81. The fraction of sp³-hybridized carbons (Fsp3) is 0.692. The van der Waals surface area contributed by atoms with Gasteiger partial charge in [-0.3, -0.25) is 0 Å². The molecule has 1 aliphatic carbocycles. The van der Waals surface area contributed by atoms with Crippen LogP contribution in [0.25, 0.3) is 0 Å². The van der Waals surface area contributed by atoms with E-state index in [-0.39, 0.29) is 5.54 Å². The van der Waals surface area contributed by atoms with Gasteiger partial charge >= 0.3 is 0 Å². The molecule has 2 heterocycles. The summed E-state index contributed by atoms with van der Waals surface area (Å²) in [4.78, 5) is 0. The molecule has 1 fully saturated rings. The van der Waals surface area contributed by atoms with E-state index in [4.69, 9.17) is 4.42 Å². The fourth-order valence-electron chi connectivity index (χ4n) is 3.28. The minimum absolute atomic E-state index is 0.149. The predicted molar refractivity (Wildman–Crippen MR) is 59.7 cm³/mol. The van der Waals surface area contributed by atoms with Crippen LogP contribution in [0, 0.1) is 11.8 Å². The number of furan rings is 1. The Morgan fingerprint density at radius 2 is 2.40 bits per heavy atom. The molecular weight excluding hydrogens is 186 g/mol. The SMILES string of the molecule is CCC1(C2CC2C)NCCc2ccoc21. The molecule has 0 saturated heterocycles. The fourth-order valence-corrected chi connectivity index (χ4v) is 3.28. The summed E-state index contributed by atoms with van der Waals surface area (Å²) < 4.78 is 5.75. The third kappa shape index (κ3) is 1.21. The molecule has 0 amide bonds. The lowest BCUT2D eigenvalue weighted by Gasteiger charge is -2.37. The summed E-state index contributed by atoms with van der Waals surface area (Å²) in [5.41, 5.74) is 1.57. The number of rotatable bonds is 2. The van der Waals surface area contributed by atoms with Crippen molar-refractivity contribution < 1.29 is 4.42 Å². The van der Waals surface area contributed by atoms with Crippen LogP contribution in [-0.4, -0.2) is 6.54 Å². The minimum Gasteiger partial charge on any atom is -0.467 e. The van der Waals surface area contributed by atoms with Gasteiger partial charge in [0.05, 0.1) is 11.8 Å². The van der Waals surface area contributed by atoms with Crippen molar-refractivity contribution in [2.75, 3.05) is 6.54 Å². The van der Waals surface area contributed by atoms with Crippen molar-refractivity contribution >= 4 is 0 Å². The Bertz CT molecular complexity index is 370. The van der Waals surface area contributed by atoms with E-state index in [2.05, 4.69) is 25.2 Å². The Hall–Kier alpha value is -0.760. The van der Waals surface area contributed by atoms with Crippen LogP contribution in [0.4, 0.5) is 0 Å². The summed E-state index contributed by atoms with van der Waals surface area (Å²) in [6.07, 6.45) is 5.47. The maximum absolute atomic E-state index is 5.75. The average molecular weight is 205 g/mol. The Morgan fingerprint density at radius 1 is 1.60 bits per heavy atom. The third-order valence-corrected chi connectivity index (χ3v) is 4.29. The molecule has 0 aromatic carbocycles. The van der Waals surface area contributed by atoms with E-state index in [1.165, 1.54) is 17.7 Å². The molecule has 2 heteroatoms. The maximum Gasteiger partial charge on any atom is 0.127 e. The maximum atomic E-state index is 5.75. The topological polar surface area (TPSA) is 25.2 Å². The molecule has 3 atom stereocenters.